The molecule has 0 atom stereocenters. The van der Waals surface area contributed by atoms with Gasteiger partial charge in [-0.1, -0.05) is 36.4 Å². The van der Waals surface area contributed by atoms with Gasteiger partial charge in [-0.05, 0) is 30.7 Å². The number of ether oxygens (including phenoxy) is 2. The minimum Gasteiger partial charge on any atom is -0.465 e. The van der Waals surface area contributed by atoms with Crippen LogP contribution in [0.4, 0.5) is 0 Å². The van der Waals surface area contributed by atoms with Crippen molar-refractivity contribution in [2.24, 2.45) is 0 Å². The second kappa shape index (κ2) is 8.53. The molecule has 0 aliphatic rings. The molecule has 0 aliphatic heterocycles. The number of rotatable bonds is 2. The van der Waals surface area contributed by atoms with Gasteiger partial charge in [0.05, 0.1) is 25.3 Å². The van der Waals surface area contributed by atoms with E-state index >= 15 is 0 Å². The first kappa shape index (κ1) is 16.4. The molecular weight excluding hydrogens is 268 g/mol. The molecule has 21 heavy (non-hydrogen) atoms. The SMILES string of the molecule is COC(=O)c1ccccc1.COC(=O)c1ccccc1C. The Kier molecular flexibility index (Phi) is 6.68. The zero-order valence-electron chi connectivity index (χ0n) is 12.3. The van der Waals surface area contributed by atoms with Crippen molar-refractivity contribution in [2.45, 2.75) is 6.92 Å². The lowest BCUT2D eigenvalue weighted by atomic mass is 10.1. The highest BCUT2D eigenvalue weighted by Crippen LogP contribution is 2.07. The average molecular weight is 286 g/mol. The van der Waals surface area contributed by atoms with Crippen LogP contribution in [0, 0.1) is 6.92 Å². The second-order valence-corrected chi connectivity index (χ2v) is 4.16. The van der Waals surface area contributed by atoms with Gasteiger partial charge in [-0.25, -0.2) is 9.59 Å². The van der Waals surface area contributed by atoms with Gasteiger partial charge < -0.3 is 9.47 Å². The number of esters is 2. The lowest BCUT2D eigenvalue weighted by Crippen LogP contribution is -2.02. The Morgan fingerprint density at radius 2 is 1.29 bits per heavy atom. The van der Waals surface area contributed by atoms with Gasteiger partial charge in [-0.15, -0.1) is 0 Å². The molecule has 0 fully saturated rings. The lowest BCUT2D eigenvalue weighted by molar-refractivity contribution is 0.0591. The Labute approximate surface area is 124 Å². The molecule has 0 aromatic heterocycles. The summed E-state index contributed by atoms with van der Waals surface area (Å²) in [5.74, 6) is -0.566. The van der Waals surface area contributed by atoms with Crippen molar-refractivity contribution >= 4 is 11.9 Å². The fourth-order valence-corrected chi connectivity index (χ4v) is 1.60. The second-order valence-electron chi connectivity index (χ2n) is 4.16. The average Bonchev–Trinajstić information content (AvgIpc) is 2.55. The Bertz CT molecular complexity index is 591. The number of aryl methyl sites for hydroxylation is 1. The van der Waals surface area contributed by atoms with Gasteiger partial charge in [0.25, 0.3) is 0 Å². The third-order valence-electron chi connectivity index (χ3n) is 2.75. The molecule has 0 amide bonds. The van der Waals surface area contributed by atoms with Gasteiger partial charge >= 0.3 is 11.9 Å². The molecule has 0 radical (unpaired) electrons. The third-order valence-corrected chi connectivity index (χ3v) is 2.75. The van der Waals surface area contributed by atoms with Gasteiger partial charge in [0.1, 0.15) is 0 Å². The van der Waals surface area contributed by atoms with E-state index < -0.39 is 0 Å². The predicted molar refractivity (Wildman–Crippen MR) is 80.3 cm³/mol. The highest BCUT2D eigenvalue weighted by Gasteiger charge is 2.06. The van der Waals surface area contributed by atoms with Crippen molar-refractivity contribution in [3.05, 3.63) is 71.3 Å². The minimum absolute atomic E-state index is 0.275. The minimum atomic E-state index is -0.291. The van der Waals surface area contributed by atoms with E-state index in [2.05, 4.69) is 9.47 Å². The Morgan fingerprint density at radius 3 is 1.81 bits per heavy atom. The fourth-order valence-electron chi connectivity index (χ4n) is 1.60. The smallest absolute Gasteiger partial charge is 0.338 e. The van der Waals surface area contributed by atoms with Crippen molar-refractivity contribution in [3.63, 3.8) is 0 Å². The molecule has 2 rings (SSSR count). The van der Waals surface area contributed by atoms with Gasteiger partial charge in [0.15, 0.2) is 0 Å². The van der Waals surface area contributed by atoms with E-state index in [1.807, 2.05) is 31.2 Å². The van der Waals surface area contributed by atoms with Gasteiger partial charge in [-0.2, -0.15) is 0 Å². The summed E-state index contributed by atoms with van der Waals surface area (Å²) in [5.41, 5.74) is 2.17. The van der Waals surface area contributed by atoms with Crippen molar-refractivity contribution in [2.75, 3.05) is 14.2 Å². The van der Waals surface area contributed by atoms with Crippen LogP contribution in [-0.4, -0.2) is 26.2 Å². The zero-order valence-corrected chi connectivity index (χ0v) is 12.3. The van der Waals surface area contributed by atoms with Crippen LogP contribution in [0.1, 0.15) is 26.3 Å². The summed E-state index contributed by atoms with van der Waals surface area (Å²) in [7, 11) is 2.75. The topological polar surface area (TPSA) is 52.6 Å². The van der Waals surface area contributed by atoms with E-state index in [9.17, 15) is 9.59 Å². The van der Waals surface area contributed by atoms with Crippen LogP contribution in [0.15, 0.2) is 54.6 Å². The molecule has 0 aliphatic carbocycles. The summed E-state index contributed by atoms with van der Waals surface area (Å²) in [5, 5.41) is 0. The maximum Gasteiger partial charge on any atom is 0.338 e. The third kappa shape index (κ3) is 5.10. The van der Waals surface area contributed by atoms with Crippen molar-refractivity contribution < 1.29 is 19.1 Å². The van der Waals surface area contributed by atoms with Crippen LogP contribution in [0.2, 0.25) is 0 Å². The van der Waals surface area contributed by atoms with Crippen LogP contribution < -0.4 is 0 Å². The molecule has 2 aromatic rings. The summed E-state index contributed by atoms with van der Waals surface area (Å²) in [6, 6.07) is 16.2. The molecular formula is C17H18O4. The Morgan fingerprint density at radius 1 is 0.762 bits per heavy atom. The standard InChI is InChI=1S/C9H10O2.C8H8O2/c1-7-5-3-4-6-8(7)9(10)11-2;1-10-8(9)7-5-3-2-4-6-7/h3-6H,1-2H3;2-6H,1H3. The molecule has 0 saturated heterocycles. The van der Waals surface area contributed by atoms with Gasteiger partial charge in [0.2, 0.25) is 0 Å². The molecule has 0 saturated carbocycles. The number of carbonyl (C=O) groups is 2. The van der Waals surface area contributed by atoms with E-state index in [4.69, 9.17) is 0 Å². The Hall–Kier alpha value is -2.62. The van der Waals surface area contributed by atoms with Gasteiger partial charge in [0, 0.05) is 0 Å². The largest absolute Gasteiger partial charge is 0.465 e. The molecule has 0 unspecified atom stereocenters. The van der Waals surface area contributed by atoms with Crippen molar-refractivity contribution in [1.29, 1.82) is 0 Å². The van der Waals surface area contributed by atoms with E-state index in [0.29, 0.717) is 11.1 Å². The highest BCUT2D eigenvalue weighted by molar-refractivity contribution is 5.90. The van der Waals surface area contributed by atoms with Crippen LogP contribution in [0.5, 0.6) is 0 Å². The number of carbonyl (C=O) groups excluding carboxylic acids is 2. The van der Waals surface area contributed by atoms with Crippen molar-refractivity contribution in [1.82, 2.24) is 0 Å². The normalized spacial score (nSPS) is 9.10. The number of hydrogen-bond acceptors (Lipinski definition) is 4. The summed E-state index contributed by atoms with van der Waals surface area (Å²) in [6.45, 7) is 1.88. The molecule has 4 heteroatoms. The van der Waals surface area contributed by atoms with Crippen LogP contribution in [0.3, 0.4) is 0 Å². The zero-order chi connectivity index (χ0) is 15.7. The highest BCUT2D eigenvalue weighted by atomic mass is 16.5. The lowest BCUT2D eigenvalue weighted by Gasteiger charge is -2.00. The molecule has 0 spiro atoms. The molecule has 2 aromatic carbocycles. The van der Waals surface area contributed by atoms with Crippen LogP contribution >= 0.6 is 0 Å². The van der Waals surface area contributed by atoms with Crippen LogP contribution in [-0.2, 0) is 9.47 Å². The predicted octanol–water partition coefficient (Wildman–Crippen LogP) is 3.25. The number of methoxy groups -OCH3 is 2. The first-order chi connectivity index (χ1) is 10.1. The van der Waals surface area contributed by atoms with E-state index in [0.717, 1.165) is 5.56 Å². The quantitative estimate of drug-likeness (QED) is 0.795. The first-order valence-electron chi connectivity index (χ1n) is 6.37. The molecule has 0 N–H and O–H groups in total. The number of hydrogen-bond donors (Lipinski definition) is 0. The maximum absolute atomic E-state index is 11.0. The van der Waals surface area contributed by atoms with Gasteiger partial charge in [-0.3, -0.25) is 0 Å². The van der Waals surface area contributed by atoms with Crippen molar-refractivity contribution in [3.8, 4) is 0 Å². The molecule has 0 heterocycles. The number of benzene rings is 2. The summed E-state index contributed by atoms with van der Waals surface area (Å²) < 4.78 is 9.08. The molecule has 110 valence electrons. The van der Waals surface area contributed by atoms with E-state index in [1.165, 1.54) is 14.2 Å². The fraction of sp³-hybridized carbons (Fsp3) is 0.176. The summed E-state index contributed by atoms with van der Waals surface area (Å²) in [4.78, 5) is 21.8. The molecule has 0 bridgehead atoms. The first-order valence-corrected chi connectivity index (χ1v) is 6.37. The van der Waals surface area contributed by atoms with E-state index in [1.54, 1.807) is 30.3 Å². The molecule has 4 nitrogen and oxygen atoms in total. The summed E-state index contributed by atoms with van der Waals surface area (Å²) >= 11 is 0. The monoisotopic (exact) mass is 286 g/mol. The van der Waals surface area contributed by atoms with E-state index in [-0.39, 0.29) is 11.9 Å². The summed E-state index contributed by atoms with van der Waals surface area (Å²) in [6.07, 6.45) is 0. The maximum atomic E-state index is 11.0. The van der Waals surface area contributed by atoms with Crippen LogP contribution in [0.25, 0.3) is 0 Å². The Balaban J connectivity index is 0.000000211.